The van der Waals surface area contributed by atoms with Crippen LogP contribution in [-0.2, 0) is 0 Å². The fraction of sp³-hybridized carbons (Fsp3) is 0.500. The van der Waals surface area contributed by atoms with Crippen LogP contribution in [0.15, 0.2) is 18.5 Å². The molecular formula is C10H15Cl2FN2. The van der Waals surface area contributed by atoms with Gasteiger partial charge >= 0.3 is 0 Å². The molecule has 1 aromatic rings. The van der Waals surface area contributed by atoms with Crippen LogP contribution in [0.2, 0.25) is 0 Å². The molecule has 0 aliphatic carbocycles. The van der Waals surface area contributed by atoms with Crippen LogP contribution < -0.4 is 5.32 Å². The van der Waals surface area contributed by atoms with Gasteiger partial charge in [-0.15, -0.1) is 24.8 Å². The molecule has 1 saturated heterocycles. The summed E-state index contributed by atoms with van der Waals surface area (Å²) in [6, 6.07) is 1.59. The molecule has 5 heteroatoms. The molecule has 0 bridgehead atoms. The Hall–Kier alpha value is -0.380. The van der Waals surface area contributed by atoms with Gasteiger partial charge in [-0.1, -0.05) is 0 Å². The summed E-state index contributed by atoms with van der Waals surface area (Å²) in [5.41, 5.74) is 1.02. The summed E-state index contributed by atoms with van der Waals surface area (Å²) < 4.78 is 12.8. The summed E-state index contributed by atoms with van der Waals surface area (Å²) >= 11 is 0. The topological polar surface area (TPSA) is 24.9 Å². The van der Waals surface area contributed by atoms with Crippen LogP contribution in [0.4, 0.5) is 4.39 Å². The van der Waals surface area contributed by atoms with E-state index in [1.807, 2.05) is 0 Å². The van der Waals surface area contributed by atoms with Gasteiger partial charge < -0.3 is 5.32 Å². The van der Waals surface area contributed by atoms with Crippen LogP contribution in [0.25, 0.3) is 0 Å². The van der Waals surface area contributed by atoms with Crippen molar-refractivity contribution in [3.05, 3.63) is 29.8 Å². The van der Waals surface area contributed by atoms with Crippen molar-refractivity contribution >= 4 is 24.8 Å². The van der Waals surface area contributed by atoms with Gasteiger partial charge in [-0.05, 0) is 36.9 Å². The molecule has 1 aliphatic rings. The normalized spacial score (nSPS) is 19.9. The zero-order valence-corrected chi connectivity index (χ0v) is 9.91. The van der Waals surface area contributed by atoms with Crippen LogP contribution >= 0.6 is 24.8 Å². The molecule has 2 nitrogen and oxygen atoms in total. The van der Waals surface area contributed by atoms with Crippen molar-refractivity contribution in [2.75, 3.05) is 13.1 Å². The Morgan fingerprint density at radius 2 is 2.13 bits per heavy atom. The van der Waals surface area contributed by atoms with Gasteiger partial charge in [0, 0.05) is 12.7 Å². The maximum atomic E-state index is 12.8. The minimum Gasteiger partial charge on any atom is -0.316 e. The highest BCUT2D eigenvalue weighted by molar-refractivity contribution is 5.85. The Morgan fingerprint density at radius 3 is 2.73 bits per heavy atom. The lowest BCUT2D eigenvalue weighted by atomic mass is 9.93. The number of rotatable bonds is 1. The zero-order valence-electron chi connectivity index (χ0n) is 8.28. The fourth-order valence-electron chi connectivity index (χ4n) is 1.79. The van der Waals surface area contributed by atoms with E-state index < -0.39 is 0 Å². The van der Waals surface area contributed by atoms with Crippen molar-refractivity contribution in [3.63, 3.8) is 0 Å². The van der Waals surface area contributed by atoms with E-state index in [-0.39, 0.29) is 30.6 Å². The van der Waals surface area contributed by atoms with Crippen LogP contribution in [0, 0.1) is 5.82 Å². The summed E-state index contributed by atoms with van der Waals surface area (Å²) in [6.07, 6.45) is 5.32. The third-order valence-corrected chi connectivity index (χ3v) is 2.49. The molecule has 0 aromatic carbocycles. The van der Waals surface area contributed by atoms with Gasteiger partial charge in [0.05, 0.1) is 6.20 Å². The maximum absolute atomic E-state index is 12.8. The predicted octanol–water partition coefficient (Wildman–Crippen LogP) is 2.53. The monoisotopic (exact) mass is 252 g/mol. The van der Waals surface area contributed by atoms with E-state index in [0.29, 0.717) is 5.92 Å². The Morgan fingerprint density at radius 1 is 1.33 bits per heavy atom. The number of hydrogen-bond acceptors (Lipinski definition) is 2. The summed E-state index contributed by atoms with van der Waals surface area (Å²) in [5, 5.41) is 3.30. The molecule has 1 aromatic heterocycles. The molecule has 2 rings (SSSR count). The van der Waals surface area contributed by atoms with Crippen LogP contribution in [0.1, 0.15) is 24.3 Å². The van der Waals surface area contributed by atoms with E-state index in [4.69, 9.17) is 0 Å². The standard InChI is InChI=1S/C10H13FN2.2ClH/c11-10-4-9(6-13-7-10)8-2-1-3-12-5-8;;/h4,6-8,12H,1-3,5H2;2*1H. The molecule has 1 N–H and O–H groups in total. The molecule has 0 radical (unpaired) electrons. The van der Waals surface area contributed by atoms with Gasteiger partial charge in [0.2, 0.25) is 0 Å². The van der Waals surface area contributed by atoms with E-state index in [0.717, 1.165) is 25.1 Å². The largest absolute Gasteiger partial charge is 0.316 e. The SMILES string of the molecule is Cl.Cl.Fc1cncc(C2CCCNC2)c1. The van der Waals surface area contributed by atoms with Crippen molar-refractivity contribution < 1.29 is 4.39 Å². The van der Waals surface area contributed by atoms with Gasteiger partial charge in [0.1, 0.15) is 5.82 Å². The lowest BCUT2D eigenvalue weighted by Crippen LogP contribution is -2.28. The molecule has 1 fully saturated rings. The number of pyridine rings is 1. The van der Waals surface area contributed by atoms with Crippen molar-refractivity contribution in [1.29, 1.82) is 0 Å². The van der Waals surface area contributed by atoms with Gasteiger partial charge in [0.15, 0.2) is 0 Å². The second-order valence-corrected chi connectivity index (χ2v) is 3.48. The fourth-order valence-corrected chi connectivity index (χ4v) is 1.79. The molecule has 0 spiro atoms. The third kappa shape index (κ3) is 3.93. The highest BCUT2D eigenvalue weighted by atomic mass is 35.5. The van der Waals surface area contributed by atoms with Crippen molar-refractivity contribution in [1.82, 2.24) is 10.3 Å². The molecule has 2 heterocycles. The van der Waals surface area contributed by atoms with Gasteiger partial charge in [0.25, 0.3) is 0 Å². The summed E-state index contributed by atoms with van der Waals surface area (Å²) in [6.45, 7) is 2.03. The van der Waals surface area contributed by atoms with Gasteiger partial charge in [-0.3, -0.25) is 4.98 Å². The first-order valence-electron chi connectivity index (χ1n) is 4.67. The van der Waals surface area contributed by atoms with Crippen molar-refractivity contribution in [3.8, 4) is 0 Å². The number of nitrogens with one attached hydrogen (secondary N) is 1. The average Bonchev–Trinajstić information content (AvgIpc) is 2.19. The Balaban J connectivity index is 0.000000980. The lowest BCUT2D eigenvalue weighted by Gasteiger charge is -2.22. The second-order valence-electron chi connectivity index (χ2n) is 3.48. The Kier molecular flexibility index (Phi) is 6.81. The van der Waals surface area contributed by atoms with Crippen molar-refractivity contribution in [2.24, 2.45) is 0 Å². The summed E-state index contributed by atoms with van der Waals surface area (Å²) in [4.78, 5) is 3.86. The minimum atomic E-state index is -0.233. The molecule has 15 heavy (non-hydrogen) atoms. The summed E-state index contributed by atoms with van der Waals surface area (Å²) in [7, 11) is 0. The second kappa shape index (κ2) is 6.99. The molecular weight excluding hydrogens is 238 g/mol. The smallest absolute Gasteiger partial charge is 0.141 e. The predicted molar refractivity (Wildman–Crippen MR) is 63.5 cm³/mol. The van der Waals surface area contributed by atoms with Crippen LogP contribution in [-0.4, -0.2) is 18.1 Å². The average molecular weight is 253 g/mol. The molecule has 1 aliphatic heterocycles. The van der Waals surface area contributed by atoms with E-state index in [1.54, 1.807) is 12.3 Å². The van der Waals surface area contributed by atoms with E-state index in [1.165, 1.54) is 12.6 Å². The maximum Gasteiger partial charge on any atom is 0.141 e. The van der Waals surface area contributed by atoms with E-state index >= 15 is 0 Å². The molecule has 0 saturated carbocycles. The molecule has 86 valence electrons. The molecule has 1 unspecified atom stereocenters. The number of hydrogen-bond donors (Lipinski definition) is 1. The van der Waals surface area contributed by atoms with Crippen LogP contribution in [0.5, 0.6) is 0 Å². The molecule has 1 atom stereocenters. The minimum absolute atomic E-state index is 0. The molecule has 0 amide bonds. The third-order valence-electron chi connectivity index (χ3n) is 2.49. The van der Waals surface area contributed by atoms with Crippen LogP contribution in [0.3, 0.4) is 0 Å². The van der Waals surface area contributed by atoms with Gasteiger partial charge in [-0.25, -0.2) is 4.39 Å². The first-order valence-corrected chi connectivity index (χ1v) is 4.67. The summed E-state index contributed by atoms with van der Waals surface area (Å²) in [5.74, 6) is 0.208. The van der Waals surface area contributed by atoms with E-state index in [2.05, 4.69) is 10.3 Å². The number of nitrogens with zero attached hydrogens (tertiary/aromatic N) is 1. The lowest BCUT2D eigenvalue weighted by molar-refractivity contribution is 0.458. The Bertz CT molecular complexity index is 291. The van der Waals surface area contributed by atoms with Gasteiger partial charge in [-0.2, -0.15) is 0 Å². The Labute approximate surface area is 101 Å². The quantitative estimate of drug-likeness (QED) is 0.831. The zero-order chi connectivity index (χ0) is 9.10. The van der Waals surface area contributed by atoms with E-state index in [9.17, 15) is 4.39 Å². The number of halogens is 3. The first kappa shape index (κ1) is 14.6. The number of piperidine rings is 1. The number of aromatic nitrogens is 1. The first-order chi connectivity index (χ1) is 6.36. The highest BCUT2D eigenvalue weighted by Crippen LogP contribution is 2.22. The highest BCUT2D eigenvalue weighted by Gasteiger charge is 2.15. The van der Waals surface area contributed by atoms with Crippen molar-refractivity contribution in [2.45, 2.75) is 18.8 Å².